The monoisotopic (exact) mass is 634 g/mol. The maximum absolute atomic E-state index is 13.2. The number of ether oxygens (including phenoxy) is 2. The van der Waals surface area contributed by atoms with E-state index in [2.05, 4.69) is 0 Å². The van der Waals surface area contributed by atoms with E-state index in [4.69, 9.17) is 55.9 Å². The van der Waals surface area contributed by atoms with Crippen LogP contribution in [0, 0.1) is 0 Å². The van der Waals surface area contributed by atoms with Crippen molar-refractivity contribution in [3.63, 3.8) is 0 Å². The maximum Gasteiger partial charge on any atom is 0.261 e. The van der Waals surface area contributed by atoms with E-state index in [9.17, 15) is 9.59 Å². The van der Waals surface area contributed by atoms with E-state index in [1.165, 1.54) is 0 Å². The van der Waals surface area contributed by atoms with Gasteiger partial charge in [0.25, 0.3) is 11.8 Å². The van der Waals surface area contributed by atoms with Gasteiger partial charge >= 0.3 is 0 Å². The molecule has 10 heteroatoms. The molecule has 6 nitrogen and oxygen atoms in total. The van der Waals surface area contributed by atoms with Crippen LogP contribution in [0.4, 0.5) is 5.69 Å². The van der Waals surface area contributed by atoms with Crippen molar-refractivity contribution in [1.82, 2.24) is 4.90 Å². The Kier molecular flexibility index (Phi) is 9.81. The summed E-state index contributed by atoms with van der Waals surface area (Å²) >= 11 is 23.6. The number of halogens is 4. The number of rotatable bonds is 4. The number of nitrogens with zero attached hydrogens (tertiary/aromatic N) is 2. The minimum atomic E-state index is -1.05. The van der Waals surface area contributed by atoms with Crippen molar-refractivity contribution in [2.45, 2.75) is 44.1 Å². The molecule has 3 aromatic rings. The Hall–Kier alpha value is -2.90. The molecule has 0 bridgehead atoms. The molecule has 2 aliphatic heterocycles. The van der Waals surface area contributed by atoms with Gasteiger partial charge < -0.3 is 14.4 Å². The van der Waals surface area contributed by atoms with Crippen molar-refractivity contribution in [3.05, 3.63) is 99.7 Å². The predicted octanol–water partition coefficient (Wildman–Crippen LogP) is 8.08. The summed E-state index contributed by atoms with van der Waals surface area (Å²) < 4.78 is 11.3. The number of carbonyl (C=O) groups is 2. The molecule has 2 amide bonds. The lowest BCUT2D eigenvalue weighted by Crippen LogP contribution is -2.49. The van der Waals surface area contributed by atoms with Crippen molar-refractivity contribution >= 4 is 69.5 Å². The molecular weight excluding hydrogens is 606 g/mol. The first-order valence-electron chi connectivity index (χ1n) is 12.9. The fraction of sp³-hybridized carbons (Fsp3) is 0.290. The average Bonchev–Trinajstić information content (AvgIpc) is 2.93. The van der Waals surface area contributed by atoms with Gasteiger partial charge in [-0.25, -0.2) is 0 Å². The topological polar surface area (TPSA) is 59.1 Å². The molecular formula is C31H30Cl4N2O4. The van der Waals surface area contributed by atoms with Crippen LogP contribution in [-0.4, -0.2) is 40.9 Å². The largest absolute Gasteiger partial charge is 0.489 e. The molecule has 41 heavy (non-hydrogen) atoms. The van der Waals surface area contributed by atoms with Crippen LogP contribution >= 0.6 is 46.4 Å². The lowest BCUT2D eigenvalue weighted by molar-refractivity contribution is -0.139. The van der Waals surface area contributed by atoms with E-state index >= 15 is 0 Å². The normalized spacial score (nSPS) is 16.9. The number of fused-ring (bicyclic) bond motifs is 1. The summed E-state index contributed by atoms with van der Waals surface area (Å²) in [6.45, 7) is 8.26. The van der Waals surface area contributed by atoms with Crippen molar-refractivity contribution in [2.24, 2.45) is 0 Å². The number of para-hydroxylation sites is 2. The fourth-order valence-electron chi connectivity index (χ4n) is 4.73. The molecule has 1 atom stereocenters. The molecule has 3 aromatic carbocycles. The van der Waals surface area contributed by atoms with Crippen molar-refractivity contribution in [2.75, 3.05) is 18.2 Å². The third-order valence-electron chi connectivity index (χ3n) is 7.00. The molecule has 0 aromatic heterocycles. The number of hydrogen-bond donors (Lipinski definition) is 0. The smallest absolute Gasteiger partial charge is 0.261 e. The highest BCUT2D eigenvalue weighted by molar-refractivity contribution is 6.54. The summed E-state index contributed by atoms with van der Waals surface area (Å²) in [7, 11) is 0. The Balaban J connectivity index is 0.000000208. The molecule has 0 spiro atoms. The minimum Gasteiger partial charge on any atom is -0.489 e. The van der Waals surface area contributed by atoms with Gasteiger partial charge in [0.05, 0.1) is 22.8 Å². The van der Waals surface area contributed by atoms with Gasteiger partial charge in [0, 0.05) is 10.0 Å². The lowest BCUT2D eigenvalue weighted by Gasteiger charge is -2.42. The van der Waals surface area contributed by atoms with E-state index in [-0.39, 0.29) is 24.6 Å². The highest BCUT2D eigenvalue weighted by Crippen LogP contribution is 2.37. The number of amides is 2. The summed E-state index contributed by atoms with van der Waals surface area (Å²) in [6, 6.07) is 22.2. The van der Waals surface area contributed by atoms with E-state index < -0.39 is 10.4 Å². The van der Waals surface area contributed by atoms with Gasteiger partial charge in [-0.05, 0) is 69.2 Å². The highest BCUT2D eigenvalue weighted by Gasteiger charge is 2.39. The van der Waals surface area contributed by atoms with E-state index in [0.29, 0.717) is 33.7 Å². The van der Waals surface area contributed by atoms with Gasteiger partial charge in [-0.15, -0.1) is 0 Å². The molecule has 2 aliphatic rings. The number of hydrogen-bond acceptors (Lipinski definition) is 4. The number of alkyl halides is 2. The molecule has 0 aliphatic carbocycles. The van der Waals surface area contributed by atoms with Gasteiger partial charge in [0.2, 0.25) is 0 Å². The van der Waals surface area contributed by atoms with Gasteiger partial charge in [-0.2, -0.15) is 0 Å². The predicted molar refractivity (Wildman–Crippen MR) is 166 cm³/mol. The molecule has 0 N–H and O–H groups in total. The fourth-order valence-corrected chi connectivity index (χ4v) is 5.47. The standard InChI is InChI=1S/C20H19Cl2NO2.C11H11Cl2NO2/c1-13-18(14-7-5-4-6-8-14)19(24)23(12-25-13)20(2,3)15-9-16(21)11-17(22)10-15;1-7-6-16-9-5-3-2-4-8(9)14(7)11(15)10(12)13/h4-11H,12H2,1-3H3;2-5,7,10H,6H2,1H3. The van der Waals surface area contributed by atoms with Gasteiger partial charge in [0.1, 0.15) is 18.1 Å². The first-order valence-corrected chi connectivity index (χ1v) is 14.6. The Morgan fingerprint density at radius 1 is 0.951 bits per heavy atom. The van der Waals surface area contributed by atoms with Crippen LogP contribution in [0.25, 0.3) is 5.57 Å². The van der Waals surface area contributed by atoms with E-state index in [1.54, 1.807) is 15.9 Å². The van der Waals surface area contributed by atoms with Crippen molar-refractivity contribution in [3.8, 4) is 5.75 Å². The van der Waals surface area contributed by atoms with Gasteiger partial charge in [-0.1, -0.05) is 88.9 Å². The lowest BCUT2D eigenvalue weighted by atomic mass is 9.90. The second-order valence-corrected chi connectivity index (χ2v) is 12.1. The zero-order valence-corrected chi connectivity index (χ0v) is 26.1. The first kappa shape index (κ1) is 31.0. The van der Waals surface area contributed by atoms with Crippen LogP contribution in [0.2, 0.25) is 10.0 Å². The first-order chi connectivity index (χ1) is 19.4. The van der Waals surface area contributed by atoms with Crippen LogP contribution in [0.5, 0.6) is 5.75 Å². The third kappa shape index (κ3) is 6.78. The number of allylic oxidation sites excluding steroid dienone is 1. The van der Waals surface area contributed by atoms with Gasteiger partial charge in [-0.3, -0.25) is 14.5 Å². The summed E-state index contributed by atoms with van der Waals surface area (Å²) in [6.07, 6.45) is 0. The summed E-state index contributed by atoms with van der Waals surface area (Å²) in [5.41, 5.74) is 2.36. The van der Waals surface area contributed by atoms with Crippen LogP contribution in [-0.2, 0) is 19.9 Å². The molecule has 0 fully saturated rings. The van der Waals surface area contributed by atoms with Crippen LogP contribution in [0.15, 0.2) is 78.6 Å². The second-order valence-electron chi connectivity index (χ2n) is 10.2. The minimum absolute atomic E-state index is 0.0672. The Morgan fingerprint density at radius 2 is 1.56 bits per heavy atom. The number of benzene rings is 3. The average molecular weight is 636 g/mol. The van der Waals surface area contributed by atoms with E-state index in [1.807, 2.05) is 94.4 Å². The van der Waals surface area contributed by atoms with Gasteiger partial charge in [0.15, 0.2) is 11.6 Å². The summed E-state index contributed by atoms with van der Waals surface area (Å²) in [5, 5.41) is 1.08. The Labute approximate surface area is 260 Å². The number of carbonyl (C=O) groups excluding carboxylic acids is 2. The molecule has 2 heterocycles. The van der Waals surface area contributed by atoms with Crippen LogP contribution in [0.1, 0.15) is 38.8 Å². The number of anilines is 1. The van der Waals surface area contributed by atoms with Crippen molar-refractivity contribution in [1.29, 1.82) is 0 Å². The maximum atomic E-state index is 13.2. The zero-order chi connectivity index (χ0) is 29.9. The van der Waals surface area contributed by atoms with E-state index in [0.717, 1.165) is 16.8 Å². The molecule has 216 valence electrons. The third-order valence-corrected chi connectivity index (χ3v) is 7.81. The quantitative estimate of drug-likeness (QED) is 0.272. The molecule has 1 unspecified atom stereocenters. The van der Waals surface area contributed by atoms with Crippen LogP contribution < -0.4 is 9.64 Å². The molecule has 0 saturated carbocycles. The second kappa shape index (κ2) is 13.0. The molecule has 0 radical (unpaired) electrons. The Morgan fingerprint density at radius 3 is 2.20 bits per heavy atom. The van der Waals surface area contributed by atoms with Crippen LogP contribution in [0.3, 0.4) is 0 Å². The summed E-state index contributed by atoms with van der Waals surface area (Å²) in [5.74, 6) is 0.929. The summed E-state index contributed by atoms with van der Waals surface area (Å²) in [4.78, 5) is 27.4. The highest BCUT2D eigenvalue weighted by atomic mass is 35.5. The van der Waals surface area contributed by atoms with Crippen molar-refractivity contribution < 1.29 is 19.1 Å². The molecule has 0 saturated heterocycles. The molecule has 5 rings (SSSR count). The SMILES string of the molecule is CC1=C(c2ccccc2)C(=O)N(C(C)(C)c2cc(Cl)cc(Cl)c2)CO1.CC1COc2ccccc2N1C(=O)C(Cl)Cl. The zero-order valence-electron chi connectivity index (χ0n) is 23.0. The Bertz CT molecular complexity index is 1440.